The summed E-state index contributed by atoms with van der Waals surface area (Å²) in [6, 6.07) is 10.3. The van der Waals surface area contributed by atoms with E-state index in [0.717, 1.165) is 5.56 Å². The van der Waals surface area contributed by atoms with Crippen molar-refractivity contribution < 1.29 is 0 Å². The maximum absolute atomic E-state index is 12.4. The lowest BCUT2D eigenvalue weighted by atomic mass is 10.2. The van der Waals surface area contributed by atoms with Gasteiger partial charge in [-0.15, -0.1) is 0 Å². The number of nitrogens with zero attached hydrogens (tertiary/aromatic N) is 2. The van der Waals surface area contributed by atoms with Crippen molar-refractivity contribution in [2.24, 2.45) is 0 Å². The van der Waals surface area contributed by atoms with Gasteiger partial charge in [-0.1, -0.05) is 40.9 Å². The van der Waals surface area contributed by atoms with Crippen LogP contribution in [0.4, 0.5) is 0 Å². The number of hydrogen-bond acceptors (Lipinski definition) is 2. The van der Waals surface area contributed by atoms with Gasteiger partial charge in [0.25, 0.3) is 5.56 Å². The molecule has 21 heavy (non-hydrogen) atoms. The molecule has 0 aliphatic carbocycles. The summed E-state index contributed by atoms with van der Waals surface area (Å²) < 4.78 is 1.51. The predicted molar refractivity (Wildman–Crippen MR) is 86.6 cm³/mol. The van der Waals surface area contributed by atoms with Gasteiger partial charge in [-0.05, 0) is 35.9 Å². The van der Waals surface area contributed by atoms with Crippen molar-refractivity contribution in [2.75, 3.05) is 0 Å². The molecule has 3 rings (SSSR count). The van der Waals surface area contributed by atoms with Crippen molar-refractivity contribution in [1.82, 2.24) is 9.55 Å². The molecule has 1 heterocycles. The molecule has 3 nitrogen and oxygen atoms in total. The molecule has 0 unspecified atom stereocenters. The maximum atomic E-state index is 12.4. The molecule has 6 heteroatoms. The van der Waals surface area contributed by atoms with Crippen LogP contribution in [-0.2, 0) is 6.54 Å². The summed E-state index contributed by atoms with van der Waals surface area (Å²) in [5.74, 6) is 0. The Labute approximate surface area is 135 Å². The normalized spacial score (nSPS) is 11.0. The minimum atomic E-state index is -0.145. The van der Waals surface area contributed by atoms with Crippen molar-refractivity contribution in [3.63, 3.8) is 0 Å². The van der Waals surface area contributed by atoms with Crippen molar-refractivity contribution in [3.8, 4) is 0 Å². The standard InChI is InChI=1S/C15H9Cl3N2O/c16-10-2-4-14-11(6-10)15(21)20(8-19-14)7-9-1-3-12(17)13(18)5-9/h1-6,8H,7H2. The average Bonchev–Trinajstić information content (AvgIpc) is 2.46. The monoisotopic (exact) mass is 338 g/mol. The highest BCUT2D eigenvalue weighted by Gasteiger charge is 2.06. The molecular weight excluding hydrogens is 331 g/mol. The Hall–Kier alpha value is -1.55. The van der Waals surface area contributed by atoms with Gasteiger partial charge in [0.05, 0.1) is 33.8 Å². The topological polar surface area (TPSA) is 34.9 Å². The van der Waals surface area contributed by atoms with Crippen LogP contribution in [0.25, 0.3) is 10.9 Å². The van der Waals surface area contributed by atoms with Gasteiger partial charge in [0.1, 0.15) is 0 Å². The second-order valence-corrected chi connectivity index (χ2v) is 5.84. The maximum Gasteiger partial charge on any atom is 0.261 e. The van der Waals surface area contributed by atoms with E-state index >= 15 is 0 Å². The molecule has 0 atom stereocenters. The molecule has 0 radical (unpaired) electrons. The fourth-order valence-corrected chi connectivity index (χ4v) is 2.57. The number of halogens is 3. The summed E-state index contributed by atoms with van der Waals surface area (Å²) in [7, 11) is 0. The van der Waals surface area contributed by atoms with Crippen LogP contribution in [0.1, 0.15) is 5.56 Å². The van der Waals surface area contributed by atoms with Gasteiger partial charge in [0, 0.05) is 5.02 Å². The highest BCUT2D eigenvalue weighted by Crippen LogP contribution is 2.23. The lowest BCUT2D eigenvalue weighted by Crippen LogP contribution is -2.21. The predicted octanol–water partition coefficient (Wildman–Crippen LogP) is 4.41. The van der Waals surface area contributed by atoms with E-state index in [1.54, 1.807) is 30.3 Å². The summed E-state index contributed by atoms with van der Waals surface area (Å²) in [6.07, 6.45) is 1.51. The van der Waals surface area contributed by atoms with Crippen molar-refractivity contribution in [3.05, 3.63) is 73.7 Å². The third-order valence-electron chi connectivity index (χ3n) is 3.12. The van der Waals surface area contributed by atoms with Gasteiger partial charge in [0.15, 0.2) is 0 Å². The van der Waals surface area contributed by atoms with Crippen LogP contribution in [0.15, 0.2) is 47.5 Å². The first-order valence-electron chi connectivity index (χ1n) is 6.13. The lowest BCUT2D eigenvalue weighted by molar-refractivity contribution is 0.748. The molecule has 0 saturated carbocycles. The first-order chi connectivity index (χ1) is 10.0. The van der Waals surface area contributed by atoms with Gasteiger partial charge in [-0.3, -0.25) is 9.36 Å². The third-order valence-corrected chi connectivity index (χ3v) is 4.10. The fourth-order valence-electron chi connectivity index (χ4n) is 2.08. The van der Waals surface area contributed by atoms with E-state index in [1.165, 1.54) is 10.9 Å². The Kier molecular flexibility index (Phi) is 3.89. The summed E-state index contributed by atoms with van der Waals surface area (Å²) in [5.41, 5.74) is 1.35. The highest BCUT2D eigenvalue weighted by atomic mass is 35.5. The molecule has 106 valence electrons. The Bertz CT molecular complexity index is 890. The van der Waals surface area contributed by atoms with Crippen LogP contribution in [0.5, 0.6) is 0 Å². The molecule has 0 saturated heterocycles. The Morgan fingerprint density at radius 1 is 1.00 bits per heavy atom. The number of rotatable bonds is 2. The SMILES string of the molecule is O=c1c2cc(Cl)ccc2ncn1Cc1ccc(Cl)c(Cl)c1. The zero-order valence-electron chi connectivity index (χ0n) is 10.7. The van der Waals surface area contributed by atoms with E-state index in [0.29, 0.717) is 32.5 Å². The summed E-state index contributed by atoms with van der Waals surface area (Å²) in [4.78, 5) is 16.7. The smallest absolute Gasteiger partial charge is 0.261 e. The molecule has 2 aromatic carbocycles. The molecule has 3 aromatic rings. The zero-order chi connectivity index (χ0) is 15.0. The quantitative estimate of drug-likeness (QED) is 0.693. The molecule has 0 aliphatic heterocycles. The van der Waals surface area contributed by atoms with Crippen LogP contribution in [0.3, 0.4) is 0 Å². The van der Waals surface area contributed by atoms with Crippen molar-refractivity contribution in [1.29, 1.82) is 0 Å². The average molecular weight is 340 g/mol. The van der Waals surface area contributed by atoms with E-state index in [2.05, 4.69) is 4.98 Å². The Balaban J connectivity index is 2.06. The van der Waals surface area contributed by atoms with Crippen LogP contribution < -0.4 is 5.56 Å². The number of hydrogen-bond donors (Lipinski definition) is 0. The van der Waals surface area contributed by atoms with E-state index in [1.807, 2.05) is 6.07 Å². The summed E-state index contributed by atoms with van der Waals surface area (Å²) in [6.45, 7) is 0.366. The lowest BCUT2D eigenvalue weighted by Gasteiger charge is -2.08. The zero-order valence-corrected chi connectivity index (χ0v) is 13.0. The van der Waals surface area contributed by atoms with Crippen LogP contribution in [0, 0.1) is 0 Å². The molecule has 0 fully saturated rings. The Morgan fingerprint density at radius 3 is 2.57 bits per heavy atom. The molecule has 1 aromatic heterocycles. The highest BCUT2D eigenvalue weighted by molar-refractivity contribution is 6.42. The fraction of sp³-hybridized carbons (Fsp3) is 0.0667. The Morgan fingerprint density at radius 2 is 1.81 bits per heavy atom. The second kappa shape index (κ2) is 5.68. The number of aromatic nitrogens is 2. The number of benzene rings is 2. The van der Waals surface area contributed by atoms with Gasteiger partial charge in [0.2, 0.25) is 0 Å². The first kappa shape index (κ1) is 14.4. The molecule has 0 amide bonds. The molecule has 0 aliphatic rings. The van der Waals surface area contributed by atoms with Crippen LogP contribution in [-0.4, -0.2) is 9.55 Å². The third kappa shape index (κ3) is 2.91. The van der Waals surface area contributed by atoms with E-state index in [4.69, 9.17) is 34.8 Å². The van der Waals surface area contributed by atoms with E-state index in [-0.39, 0.29) is 5.56 Å². The van der Waals surface area contributed by atoms with Crippen molar-refractivity contribution in [2.45, 2.75) is 6.54 Å². The summed E-state index contributed by atoms with van der Waals surface area (Å²) in [5, 5.41) is 1.94. The van der Waals surface area contributed by atoms with Gasteiger partial charge < -0.3 is 0 Å². The van der Waals surface area contributed by atoms with Gasteiger partial charge in [-0.2, -0.15) is 0 Å². The largest absolute Gasteiger partial charge is 0.294 e. The molecule has 0 N–H and O–H groups in total. The first-order valence-corrected chi connectivity index (χ1v) is 7.26. The van der Waals surface area contributed by atoms with E-state index < -0.39 is 0 Å². The molecule has 0 spiro atoms. The summed E-state index contributed by atoms with van der Waals surface area (Å²) >= 11 is 17.8. The second-order valence-electron chi connectivity index (χ2n) is 4.59. The van der Waals surface area contributed by atoms with Gasteiger partial charge in [-0.25, -0.2) is 4.98 Å². The molecule has 0 bridgehead atoms. The number of fused-ring (bicyclic) bond motifs is 1. The van der Waals surface area contributed by atoms with Gasteiger partial charge >= 0.3 is 0 Å². The van der Waals surface area contributed by atoms with Crippen LogP contribution in [0.2, 0.25) is 15.1 Å². The molecular formula is C15H9Cl3N2O. The van der Waals surface area contributed by atoms with E-state index in [9.17, 15) is 4.79 Å². The minimum Gasteiger partial charge on any atom is -0.294 e. The minimum absolute atomic E-state index is 0.145. The van der Waals surface area contributed by atoms with Crippen molar-refractivity contribution >= 4 is 45.7 Å². The van der Waals surface area contributed by atoms with Crippen LogP contribution >= 0.6 is 34.8 Å².